The van der Waals surface area contributed by atoms with Gasteiger partial charge in [-0.05, 0) is 25.0 Å². The average Bonchev–Trinajstić information content (AvgIpc) is 2.39. The van der Waals surface area contributed by atoms with E-state index in [0.29, 0.717) is 11.5 Å². The molecule has 0 aliphatic rings. The number of nitrogens with zero attached hydrogens (tertiary/aromatic N) is 3. The van der Waals surface area contributed by atoms with Crippen molar-refractivity contribution in [1.29, 1.82) is 5.26 Å². The van der Waals surface area contributed by atoms with Gasteiger partial charge in [-0.2, -0.15) is 5.26 Å². The van der Waals surface area contributed by atoms with Crippen LogP contribution < -0.4 is 5.32 Å². The Kier molecular flexibility index (Phi) is 3.54. The third-order valence-corrected chi connectivity index (χ3v) is 2.81. The van der Waals surface area contributed by atoms with Crippen LogP contribution in [-0.4, -0.2) is 9.97 Å². The van der Waals surface area contributed by atoms with Crippen molar-refractivity contribution in [3.8, 4) is 6.07 Å². The Balaban J connectivity index is 2.25. The summed E-state index contributed by atoms with van der Waals surface area (Å²) in [5.74, 6) is 0.524. The summed E-state index contributed by atoms with van der Waals surface area (Å²) in [6.45, 7) is 4.10. The largest absolute Gasteiger partial charge is 0.361 e. The zero-order valence-electron chi connectivity index (χ0n) is 10.4. The minimum atomic E-state index is 0.0787. The molecule has 0 aliphatic heterocycles. The van der Waals surface area contributed by atoms with E-state index in [1.54, 1.807) is 6.20 Å². The number of nitriles is 1. The number of benzene rings is 1. The Labute approximate surface area is 106 Å². The van der Waals surface area contributed by atoms with Crippen LogP contribution in [0.3, 0.4) is 0 Å². The zero-order valence-corrected chi connectivity index (χ0v) is 10.4. The van der Waals surface area contributed by atoms with Gasteiger partial charge in [0.2, 0.25) is 0 Å². The van der Waals surface area contributed by atoms with Crippen molar-refractivity contribution in [2.24, 2.45) is 0 Å². The molecule has 0 amide bonds. The van der Waals surface area contributed by atoms with Gasteiger partial charge in [0.05, 0.1) is 6.04 Å². The molecular formula is C14H14N4. The van der Waals surface area contributed by atoms with E-state index in [2.05, 4.69) is 34.3 Å². The molecule has 0 bridgehead atoms. The van der Waals surface area contributed by atoms with E-state index in [-0.39, 0.29) is 6.04 Å². The summed E-state index contributed by atoms with van der Waals surface area (Å²) in [6.07, 6.45) is 3.09. The second-order valence-corrected chi connectivity index (χ2v) is 4.09. The predicted molar refractivity (Wildman–Crippen MR) is 70.0 cm³/mol. The first-order chi connectivity index (χ1) is 8.72. The fraction of sp³-hybridized carbons (Fsp3) is 0.214. The quantitative estimate of drug-likeness (QED) is 0.893. The first-order valence-corrected chi connectivity index (χ1v) is 5.75. The van der Waals surface area contributed by atoms with Crippen molar-refractivity contribution in [2.75, 3.05) is 5.32 Å². The van der Waals surface area contributed by atoms with E-state index in [0.717, 1.165) is 0 Å². The zero-order chi connectivity index (χ0) is 13.0. The molecule has 1 heterocycles. The normalized spacial score (nSPS) is 11.6. The fourth-order valence-corrected chi connectivity index (χ4v) is 1.88. The fourth-order valence-electron chi connectivity index (χ4n) is 1.88. The van der Waals surface area contributed by atoms with Gasteiger partial charge in [-0.3, -0.25) is 0 Å². The molecule has 0 aliphatic carbocycles. The van der Waals surface area contributed by atoms with Gasteiger partial charge in [0, 0.05) is 12.4 Å². The molecule has 1 unspecified atom stereocenters. The van der Waals surface area contributed by atoms with Crippen molar-refractivity contribution in [3.05, 3.63) is 53.5 Å². The number of anilines is 1. The lowest BCUT2D eigenvalue weighted by Gasteiger charge is -2.17. The first kappa shape index (κ1) is 12.1. The van der Waals surface area contributed by atoms with Crippen LogP contribution in [0.5, 0.6) is 0 Å². The molecule has 18 heavy (non-hydrogen) atoms. The molecule has 2 rings (SSSR count). The molecule has 0 fully saturated rings. The molecule has 1 N–H and O–H groups in total. The molecule has 0 radical (unpaired) electrons. The molecule has 4 heteroatoms. The second-order valence-electron chi connectivity index (χ2n) is 4.09. The highest BCUT2D eigenvalue weighted by molar-refractivity contribution is 5.49. The monoisotopic (exact) mass is 238 g/mol. The number of aryl methyl sites for hydroxylation is 1. The van der Waals surface area contributed by atoms with Crippen molar-refractivity contribution in [2.45, 2.75) is 19.9 Å². The number of aromatic nitrogens is 2. The van der Waals surface area contributed by atoms with Crippen molar-refractivity contribution in [1.82, 2.24) is 9.97 Å². The highest BCUT2D eigenvalue weighted by Crippen LogP contribution is 2.21. The van der Waals surface area contributed by atoms with Crippen molar-refractivity contribution in [3.63, 3.8) is 0 Å². The molecular weight excluding hydrogens is 224 g/mol. The third kappa shape index (κ3) is 2.46. The number of rotatable bonds is 3. The molecule has 4 nitrogen and oxygen atoms in total. The highest BCUT2D eigenvalue weighted by atomic mass is 15.0. The smallest absolute Gasteiger partial charge is 0.182 e. The Morgan fingerprint density at radius 2 is 1.94 bits per heavy atom. The Hall–Kier alpha value is -2.41. The number of hydrogen-bond donors (Lipinski definition) is 1. The molecule has 90 valence electrons. The van der Waals surface area contributed by atoms with Crippen molar-refractivity contribution < 1.29 is 0 Å². The van der Waals surface area contributed by atoms with Crippen LogP contribution in [-0.2, 0) is 0 Å². The van der Waals surface area contributed by atoms with E-state index >= 15 is 0 Å². The maximum absolute atomic E-state index is 8.96. The number of nitrogens with one attached hydrogen (secondary N) is 1. The lowest BCUT2D eigenvalue weighted by molar-refractivity contribution is 0.860. The SMILES string of the molecule is Cc1ccccc1C(C)Nc1nccnc1C#N. The molecule has 0 spiro atoms. The summed E-state index contributed by atoms with van der Waals surface area (Å²) < 4.78 is 0. The van der Waals surface area contributed by atoms with E-state index in [1.165, 1.54) is 17.3 Å². The van der Waals surface area contributed by atoms with Gasteiger partial charge in [0.1, 0.15) is 6.07 Å². The van der Waals surface area contributed by atoms with Crippen LogP contribution in [0.1, 0.15) is 29.8 Å². The first-order valence-electron chi connectivity index (χ1n) is 5.75. The van der Waals surface area contributed by atoms with E-state index in [9.17, 15) is 0 Å². The molecule has 1 atom stereocenters. The van der Waals surface area contributed by atoms with Crippen LogP contribution in [0.4, 0.5) is 5.82 Å². The average molecular weight is 238 g/mol. The summed E-state index contributed by atoms with van der Waals surface area (Å²) in [7, 11) is 0. The van der Waals surface area contributed by atoms with Crippen LogP contribution >= 0.6 is 0 Å². The summed E-state index contributed by atoms with van der Waals surface area (Å²) in [5, 5.41) is 12.2. The molecule has 0 saturated heterocycles. The third-order valence-electron chi connectivity index (χ3n) is 2.81. The van der Waals surface area contributed by atoms with Gasteiger partial charge in [0.15, 0.2) is 11.5 Å². The van der Waals surface area contributed by atoms with Gasteiger partial charge in [-0.1, -0.05) is 24.3 Å². The molecule has 2 aromatic rings. The van der Waals surface area contributed by atoms with Gasteiger partial charge in [-0.25, -0.2) is 9.97 Å². The van der Waals surface area contributed by atoms with Crippen LogP contribution in [0.15, 0.2) is 36.7 Å². The molecule has 1 aromatic heterocycles. The van der Waals surface area contributed by atoms with E-state index < -0.39 is 0 Å². The Morgan fingerprint density at radius 3 is 2.67 bits per heavy atom. The van der Waals surface area contributed by atoms with E-state index in [1.807, 2.05) is 25.1 Å². The maximum Gasteiger partial charge on any atom is 0.182 e. The molecule has 1 aromatic carbocycles. The Morgan fingerprint density at radius 1 is 1.22 bits per heavy atom. The summed E-state index contributed by atoms with van der Waals surface area (Å²) in [4.78, 5) is 8.13. The van der Waals surface area contributed by atoms with Crippen LogP contribution in [0.2, 0.25) is 0 Å². The lowest BCUT2D eigenvalue weighted by atomic mass is 10.0. The lowest BCUT2D eigenvalue weighted by Crippen LogP contribution is -2.11. The second kappa shape index (κ2) is 5.28. The molecule has 0 saturated carbocycles. The van der Waals surface area contributed by atoms with E-state index in [4.69, 9.17) is 5.26 Å². The topological polar surface area (TPSA) is 61.6 Å². The van der Waals surface area contributed by atoms with Gasteiger partial charge in [0.25, 0.3) is 0 Å². The highest BCUT2D eigenvalue weighted by Gasteiger charge is 2.11. The maximum atomic E-state index is 8.96. The summed E-state index contributed by atoms with van der Waals surface area (Å²) in [6, 6.07) is 10.3. The van der Waals surface area contributed by atoms with Gasteiger partial charge < -0.3 is 5.32 Å². The number of hydrogen-bond acceptors (Lipinski definition) is 4. The van der Waals surface area contributed by atoms with Gasteiger partial charge in [-0.15, -0.1) is 0 Å². The Bertz CT molecular complexity index is 586. The van der Waals surface area contributed by atoms with Crippen LogP contribution in [0, 0.1) is 18.3 Å². The summed E-state index contributed by atoms with van der Waals surface area (Å²) >= 11 is 0. The predicted octanol–water partition coefficient (Wildman–Crippen LogP) is 2.83. The minimum Gasteiger partial charge on any atom is -0.361 e. The standard InChI is InChI=1S/C14H14N4/c1-10-5-3-4-6-12(10)11(2)18-14-13(9-15)16-7-8-17-14/h3-8,11H,1-2H3,(H,17,18). The minimum absolute atomic E-state index is 0.0787. The summed E-state index contributed by atoms with van der Waals surface area (Å²) in [5.41, 5.74) is 2.71. The van der Waals surface area contributed by atoms with Crippen molar-refractivity contribution >= 4 is 5.82 Å². The van der Waals surface area contributed by atoms with Crippen LogP contribution in [0.25, 0.3) is 0 Å². The van der Waals surface area contributed by atoms with Gasteiger partial charge >= 0.3 is 0 Å².